The van der Waals surface area contributed by atoms with Gasteiger partial charge >= 0.3 is 210 Å². The molecule has 0 nitrogen and oxygen atoms in total. The van der Waals surface area contributed by atoms with E-state index in [1.54, 1.807) is 5.79 Å². The molecule has 32 heavy (non-hydrogen) atoms. The molecule has 0 saturated heterocycles. The molecule has 0 aliphatic heterocycles. The van der Waals surface area contributed by atoms with Crippen molar-refractivity contribution in [1.29, 1.82) is 0 Å². The Kier molecular flexibility index (Phi) is 4.97. The van der Waals surface area contributed by atoms with E-state index in [2.05, 4.69) is 113 Å². The Hall–Kier alpha value is -0.823. The maximum absolute atomic E-state index is 2.55. The molecule has 0 atom stereocenters. The number of hydrogen-bond acceptors (Lipinski definition) is 2. The van der Waals surface area contributed by atoms with E-state index in [1.807, 2.05) is 0 Å². The van der Waals surface area contributed by atoms with Gasteiger partial charge in [-0.25, -0.2) is 0 Å². The molecule has 4 heteroatoms. The van der Waals surface area contributed by atoms with Gasteiger partial charge in [-0.3, -0.25) is 0 Å². The van der Waals surface area contributed by atoms with Gasteiger partial charge in [0.1, 0.15) is 0 Å². The van der Waals surface area contributed by atoms with Crippen LogP contribution in [-0.4, -0.2) is 36.8 Å². The summed E-state index contributed by atoms with van der Waals surface area (Å²) >= 11 is -0.130. The monoisotopic (exact) mass is 668 g/mol. The third kappa shape index (κ3) is 3.19. The molecule has 6 rings (SSSR count). The zero-order chi connectivity index (χ0) is 22.4. The molecule has 0 fully saturated rings. The summed E-state index contributed by atoms with van der Waals surface area (Å²) in [7, 11) is 0. The number of benzene rings is 2. The fourth-order valence-electron chi connectivity index (χ4n) is 4.91. The predicted octanol–water partition coefficient (Wildman–Crippen LogP) is 7.87. The molecule has 2 aromatic carbocycles. The standard InChI is InChI=1S/C22H10S2.6CH3.2Sn/c1-3-7-15-13(5-1)17-9-11-23-21(17)19(15)20-16-8-4-2-6-14(16)18-10-12-24-22(18)20;;;;;;;;/h1-10H;6*1H3;;. The van der Waals surface area contributed by atoms with Crippen molar-refractivity contribution < 1.29 is 0 Å². The molecule has 2 aliphatic carbocycles. The van der Waals surface area contributed by atoms with Crippen molar-refractivity contribution in [2.75, 3.05) is 0 Å². The van der Waals surface area contributed by atoms with E-state index in [-0.39, 0.29) is 0 Å². The molecule has 4 aromatic rings. The van der Waals surface area contributed by atoms with Crippen LogP contribution in [0.5, 0.6) is 0 Å². The summed E-state index contributed by atoms with van der Waals surface area (Å²) in [6.45, 7) is 0. The third-order valence-electron chi connectivity index (χ3n) is 6.62. The maximum atomic E-state index is 2.55. The van der Waals surface area contributed by atoms with Crippen LogP contribution in [0.1, 0.15) is 20.9 Å². The van der Waals surface area contributed by atoms with Crippen LogP contribution < -0.4 is 5.79 Å². The first kappa shape index (κ1) is 21.7. The van der Waals surface area contributed by atoms with Crippen molar-refractivity contribution >= 4 is 76.4 Å². The van der Waals surface area contributed by atoms with Crippen molar-refractivity contribution in [3.05, 3.63) is 81.5 Å². The molecule has 0 spiro atoms. The van der Waals surface area contributed by atoms with Crippen molar-refractivity contribution in [3.63, 3.8) is 0 Å². The SMILES string of the molecule is [CH3][Sn]([CH3])([CH3])[c]1cc2c(s1)C(=C1c3ccccc3-c3c[c]([Sn]([CH3])([CH3])[CH3])sc31)c1ccccc1-2. The first-order chi connectivity index (χ1) is 15.1. The van der Waals surface area contributed by atoms with Crippen LogP contribution in [0.3, 0.4) is 0 Å². The van der Waals surface area contributed by atoms with E-state index < -0.39 is 36.8 Å². The number of rotatable bonds is 2. The summed E-state index contributed by atoms with van der Waals surface area (Å²) in [5, 5.41) is 0. The normalized spacial score (nSPS) is 16.7. The Labute approximate surface area is 207 Å². The van der Waals surface area contributed by atoms with Crippen LogP contribution in [0, 0.1) is 0 Å². The van der Waals surface area contributed by atoms with Crippen LogP contribution in [0.2, 0.25) is 29.6 Å². The fourth-order valence-corrected chi connectivity index (χ4v) is 17.8. The minimum absolute atomic E-state index is 1.43. The molecule has 160 valence electrons. The molecular formula is C28H28S2Sn2. The van der Waals surface area contributed by atoms with Gasteiger partial charge in [-0.1, -0.05) is 0 Å². The summed E-state index contributed by atoms with van der Waals surface area (Å²) in [4.78, 5) is 18.3. The topological polar surface area (TPSA) is 0 Å². The Bertz CT molecular complexity index is 1330. The van der Waals surface area contributed by atoms with Crippen molar-refractivity contribution in [2.24, 2.45) is 0 Å². The van der Waals surface area contributed by atoms with Gasteiger partial charge in [-0.05, 0) is 0 Å². The van der Waals surface area contributed by atoms with E-state index >= 15 is 0 Å². The summed E-state index contributed by atoms with van der Waals surface area (Å²) in [6.07, 6.45) is 0. The van der Waals surface area contributed by atoms with Crippen molar-refractivity contribution in [2.45, 2.75) is 29.6 Å². The molecular weight excluding hydrogens is 638 g/mol. The number of thiophene rings is 2. The zero-order valence-electron chi connectivity index (χ0n) is 19.6. The molecule has 0 N–H and O–H groups in total. The molecule has 0 saturated carbocycles. The summed E-state index contributed by atoms with van der Waals surface area (Å²) in [6, 6.07) is 23.3. The van der Waals surface area contributed by atoms with Crippen LogP contribution >= 0.6 is 22.7 Å². The minimum atomic E-state index is -2.16. The van der Waals surface area contributed by atoms with Gasteiger partial charge in [0.05, 0.1) is 0 Å². The second-order valence-corrected chi connectivity index (χ2v) is 44.0. The quantitative estimate of drug-likeness (QED) is 0.165. The average molecular weight is 666 g/mol. The van der Waals surface area contributed by atoms with E-state index in [9.17, 15) is 0 Å². The molecule has 0 amide bonds. The molecule has 0 unspecified atom stereocenters. The fraction of sp³-hybridized carbons (Fsp3) is 0.214. The third-order valence-corrected chi connectivity index (χ3v) is 27.8. The molecule has 2 aliphatic rings. The number of fused-ring (bicyclic) bond motifs is 6. The zero-order valence-corrected chi connectivity index (χ0v) is 26.9. The van der Waals surface area contributed by atoms with Crippen LogP contribution in [0.15, 0.2) is 60.7 Å². The second kappa shape index (κ2) is 7.34. The summed E-state index contributed by atoms with van der Waals surface area (Å²) in [5.41, 5.74) is 11.7. The van der Waals surface area contributed by atoms with Gasteiger partial charge in [0.2, 0.25) is 0 Å². The number of hydrogen-bond donors (Lipinski definition) is 0. The van der Waals surface area contributed by atoms with Gasteiger partial charge in [0.15, 0.2) is 0 Å². The molecule has 2 heterocycles. The van der Waals surface area contributed by atoms with E-state index in [0.29, 0.717) is 0 Å². The molecule has 0 bridgehead atoms. The van der Waals surface area contributed by atoms with E-state index in [4.69, 9.17) is 0 Å². The second-order valence-electron chi connectivity index (χ2n) is 11.0. The van der Waals surface area contributed by atoms with Gasteiger partial charge in [0.25, 0.3) is 0 Å². The average Bonchev–Trinajstić information content (AvgIpc) is 3.45. The first-order valence-corrected chi connectivity index (χ1v) is 33.0. The van der Waals surface area contributed by atoms with E-state index in [0.717, 1.165) is 0 Å². The van der Waals surface area contributed by atoms with E-state index in [1.165, 1.54) is 54.3 Å². The van der Waals surface area contributed by atoms with Gasteiger partial charge < -0.3 is 0 Å². The Morgan fingerprint density at radius 2 is 0.812 bits per heavy atom. The summed E-state index contributed by atoms with van der Waals surface area (Å²) < 4.78 is 3.36. The Morgan fingerprint density at radius 1 is 0.469 bits per heavy atom. The Morgan fingerprint density at radius 3 is 1.16 bits per heavy atom. The van der Waals surface area contributed by atoms with Crippen LogP contribution in [-0.2, 0) is 0 Å². The van der Waals surface area contributed by atoms with Crippen molar-refractivity contribution in [3.8, 4) is 22.3 Å². The van der Waals surface area contributed by atoms with Gasteiger partial charge in [0, 0.05) is 0 Å². The van der Waals surface area contributed by atoms with Crippen molar-refractivity contribution in [1.82, 2.24) is 0 Å². The summed E-state index contributed by atoms with van der Waals surface area (Å²) in [5.74, 6) is 0. The van der Waals surface area contributed by atoms with Gasteiger partial charge in [-0.15, -0.1) is 0 Å². The molecule has 2 aromatic heterocycles. The van der Waals surface area contributed by atoms with Crippen LogP contribution in [0.4, 0.5) is 0 Å². The predicted molar refractivity (Wildman–Crippen MR) is 150 cm³/mol. The van der Waals surface area contributed by atoms with Crippen LogP contribution in [0.25, 0.3) is 33.4 Å². The first-order valence-electron chi connectivity index (χ1n) is 11.4. The Balaban J connectivity index is 1.73. The molecule has 0 radical (unpaired) electrons. The van der Waals surface area contributed by atoms with Gasteiger partial charge in [-0.2, -0.15) is 0 Å².